The number of fused-ring (bicyclic) bond motifs is 1. The maximum absolute atomic E-state index is 12.2. The van der Waals surface area contributed by atoms with Crippen LogP contribution in [0.5, 0.6) is 11.5 Å². The van der Waals surface area contributed by atoms with Crippen molar-refractivity contribution in [2.24, 2.45) is 5.92 Å². The highest BCUT2D eigenvalue weighted by molar-refractivity contribution is 6.32. The number of hydrogen-bond donors (Lipinski definition) is 1. The fourth-order valence-electron chi connectivity index (χ4n) is 2.99. The first-order valence-corrected chi connectivity index (χ1v) is 8.61. The molecule has 23 heavy (non-hydrogen) atoms. The van der Waals surface area contributed by atoms with Gasteiger partial charge in [0.2, 0.25) is 6.79 Å². The summed E-state index contributed by atoms with van der Waals surface area (Å²) in [4.78, 5) is 14.7. The van der Waals surface area contributed by atoms with E-state index < -0.39 is 0 Å². The lowest BCUT2D eigenvalue weighted by Gasteiger charge is -2.30. The van der Waals surface area contributed by atoms with Gasteiger partial charge in [-0.15, -0.1) is 0 Å². The summed E-state index contributed by atoms with van der Waals surface area (Å²) in [5.41, 5.74) is 0.506. The van der Waals surface area contributed by atoms with E-state index >= 15 is 0 Å². The highest BCUT2D eigenvalue weighted by Gasteiger charge is 2.20. The van der Waals surface area contributed by atoms with Crippen LogP contribution in [0.1, 0.15) is 36.5 Å². The molecule has 1 aromatic rings. The predicted molar refractivity (Wildman–Crippen MR) is 89.4 cm³/mol. The normalized spacial score (nSPS) is 18.2. The molecule has 6 heteroatoms. The molecular formula is C17H23ClN2O3. The first kappa shape index (κ1) is 16.4. The number of ether oxygens (including phenoxy) is 2. The van der Waals surface area contributed by atoms with Crippen LogP contribution in [0.3, 0.4) is 0 Å². The first-order valence-electron chi connectivity index (χ1n) is 8.23. The molecule has 3 rings (SSSR count). The minimum absolute atomic E-state index is 0.127. The molecule has 2 aliphatic rings. The monoisotopic (exact) mass is 338 g/mol. The number of hydrogen-bond acceptors (Lipinski definition) is 4. The first-order chi connectivity index (χ1) is 11.1. The van der Waals surface area contributed by atoms with Gasteiger partial charge in [-0.2, -0.15) is 0 Å². The van der Waals surface area contributed by atoms with Crippen LogP contribution in [0, 0.1) is 5.92 Å². The third-order valence-electron chi connectivity index (χ3n) is 4.50. The molecule has 0 radical (unpaired) electrons. The Morgan fingerprint density at radius 2 is 2.13 bits per heavy atom. The Balaban J connectivity index is 1.44. The molecule has 1 saturated heterocycles. The molecule has 0 spiro atoms. The van der Waals surface area contributed by atoms with Crippen molar-refractivity contribution in [2.75, 3.05) is 33.0 Å². The minimum Gasteiger partial charge on any atom is -0.454 e. The van der Waals surface area contributed by atoms with Crippen LogP contribution < -0.4 is 14.8 Å². The van der Waals surface area contributed by atoms with E-state index in [9.17, 15) is 4.79 Å². The molecule has 0 bridgehead atoms. The second-order valence-electron chi connectivity index (χ2n) is 6.33. The summed E-state index contributed by atoms with van der Waals surface area (Å²) in [7, 11) is 0. The van der Waals surface area contributed by atoms with E-state index in [1.807, 2.05) is 0 Å². The lowest BCUT2D eigenvalue weighted by molar-refractivity contribution is 0.0950. The predicted octanol–water partition coefficient (Wildman–Crippen LogP) is 2.92. The highest BCUT2D eigenvalue weighted by atomic mass is 35.5. The van der Waals surface area contributed by atoms with Crippen molar-refractivity contribution in [3.8, 4) is 11.5 Å². The zero-order chi connectivity index (χ0) is 16.2. The Bertz CT molecular complexity index is 571. The van der Waals surface area contributed by atoms with Gasteiger partial charge in [-0.1, -0.05) is 18.5 Å². The van der Waals surface area contributed by atoms with E-state index in [4.69, 9.17) is 21.1 Å². The molecule has 2 aliphatic heterocycles. The number of likely N-dealkylation sites (tertiary alicyclic amines) is 1. The van der Waals surface area contributed by atoms with Gasteiger partial charge in [-0.05, 0) is 56.9 Å². The Labute approximate surface area is 141 Å². The van der Waals surface area contributed by atoms with E-state index in [0.29, 0.717) is 28.6 Å². The van der Waals surface area contributed by atoms with E-state index in [1.54, 1.807) is 12.1 Å². The SMILES string of the molecule is CC1CCN(CCCNC(=O)c2cc(Cl)c3c(c2)OCO3)CC1. The molecule has 0 unspecified atom stereocenters. The Morgan fingerprint density at radius 1 is 1.35 bits per heavy atom. The van der Waals surface area contributed by atoms with Crippen molar-refractivity contribution < 1.29 is 14.3 Å². The fraction of sp³-hybridized carbons (Fsp3) is 0.588. The Kier molecular flexibility index (Phi) is 5.28. The molecule has 5 nitrogen and oxygen atoms in total. The average Bonchev–Trinajstić information content (AvgIpc) is 3.02. The zero-order valence-corrected chi connectivity index (χ0v) is 14.2. The summed E-state index contributed by atoms with van der Waals surface area (Å²) in [6.45, 7) is 6.51. The summed E-state index contributed by atoms with van der Waals surface area (Å²) in [5.74, 6) is 1.77. The largest absolute Gasteiger partial charge is 0.454 e. The molecule has 1 fully saturated rings. The summed E-state index contributed by atoms with van der Waals surface area (Å²) in [6, 6.07) is 3.30. The van der Waals surface area contributed by atoms with E-state index in [0.717, 1.165) is 18.9 Å². The van der Waals surface area contributed by atoms with Gasteiger partial charge in [0.25, 0.3) is 5.91 Å². The van der Waals surface area contributed by atoms with Crippen LogP contribution in [0.4, 0.5) is 0 Å². The van der Waals surface area contributed by atoms with Crippen molar-refractivity contribution in [1.29, 1.82) is 0 Å². The van der Waals surface area contributed by atoms with Gasteiger partial charge >= 0.3 is 0 Å². The van der Waals surface area contributed by atoms with Gasteiger partial charge in [0.05, 0.1) is 5.02 Å². The maximum Gasteiger partial charge on any atom is 0.251 e. The lowest BCUT2D eigenvalue weighted by atomic mass is 9.99. The van der Waals surface area contributed by atoms with Gasteiger partial charge in [0.15, 0.2) is 11.5 Å². The summed E-state index contributed by atoms with van der Waals surface area (Å²) in [5, 5.41) is 3.35. The third kappa shape index (κ3) is 4.09. The van der Waals surface area contributed by atoms with E-state index in [-0.39, 0.29) is 12.7 Å². The van der Waals surface area contributed by atoms with Crippen molar-refractivity contribution in [3.63, 3.8) is 0 Å². The van der Waals surface area contributed by atoms with E-state index in [1.165, 1.54) is 25.9 Å². The molecule has 0 atom stereocenters. The van der Waals surface area contributed by atoms with Crippen molar-refractivity contribution >= 4 is 17.5 Å². The molecule has 1 amide bonds. The van der Waals surface area contributed by atoms with Gasteiger partial charge in [0, 0.05) is 12.1 Å². The quantitative estimate of drug-likeness (QED) is 0.839. The van der Waals surface area contributed by atoms with Crippen molar-refractivity contribution in [1.82, 2.24) is 10.2 Å². The number of amides is 1. The Hall–Kier alpha value is -1.46. The number of carbonyl (C=O) groups is 1. The molecule has 0 saturated carbocycles. The van der Waals surface area contributed by atoms with Gasteiger partial charge in [-0.3, -0.25) is 4.79 Å². The van der Waals surface area contributed by atoms with Crippen molar-refractivity contribution in [3.05, 3.63) is 22.7 Å². The summed E-state index contributed by atoms with van der Waals surface area (Å²) in [6.07, 6.45) is 3.52. The number of halogens is 1. The highest BCUT2D eigenvalue weighted by Crippen LogP contribution is 2.39. The van der Waals surface area contributed by atoms with Crippen LogP contribution in [0.15, 0.2) is 12.1 Å². The van der Waals surface area contributed by atoms with Gasteiger partial charge < -0.3 is 19.7 Å². The standard InChI is InChI=1S/C17H23ClN2O3/c1-12-3-7-20(8-4-12)6-2-5-19-17(21)13-9-14(18)16-15(10-13)22-11-23-16/h9-10,12H,2-8,11H2,1H3,(H,19,21). The third-order valence-corrected chi connectivity index (χ3v) is 4.78. The van der Waals surface area contributed by atoms with Crippen LogP contribution in [-0.4, -0.2) is 43.8 Å². The molecule has 2 heterocycles. The van der Waals surface area contributed by atoms with Crippen LogP contribution in [-0.2, 0) is 0 Å². The minimum atomic E-state index is -0.127. The number of rotatable bonds is 5. The molecule has 1 aromatic carbocycles. The molecule has 0 aromatic heterocycles. The number of carbonyl (C=O) groups excluding carboxylic acids is 1. The smallest absolute Gasteiger partial charge is 0.251 e. The second kappa shape index (κ2) is 7.41. The van der Waals surface area contributed by atoms with Crippen molar-refractivity contribution in [2.45, 2.75) is 26.2 Å². The van der Waals surface area contributed by atoms with Gasteiger partial charge in [0.1, 0.15) is 0 Å². The molecular weight excluding hydrogens is 316 g/mol. The number of benzene rings is 1. The number of nitrogens with one attached hydrogen (secondary N) is 1. The van der Waals surface area contributed by atoms with Crippen LogP contribution >= 0.6 is 11.6 Å². The number of piperidine rings is 1. The molecule has 1 N–H and O–H groups in total. The summed E-state index contributed by atoms with van der Waals surface area (Å²) < 4.78 is 10.5. The molecule has 0 aliphatic carbocycles. The van der Waals surface area contributed by atoms with Crippen LogP contribution in [0.2, 0.25) is 5.02 Å². The molecule has 126 valence electrons. The average molecular weight is 339 g/mol. The fourth-order valence-corrected chi connectivity index (χ4v) is 3.26. The number of nitrogens with zero attached hydrogens (tertiary/aromatic N) is 1. The Morgan fingerprint density at radius 3 is 2.91 bits per heavy atom. The van der Waals surface area contributed by atoms with E-state index in [2.05, 4.69) is 17.1 Å². The lowest BCUT2D eigenvalue weighted by Crippen LogP contribution is -2.35. The zero-order valence-electron chi connectivity index (χ0n) is 13.4. The van der Waals surface area contributed by atoms with Gasteiger partial charge in [-0.25, -0.2) is 0 Å². The van der Waals surface area contributed by atoms with Crippen LogP contribution in [0.25, 0.3) is 0 Å². The maximum atomic E-state index is 12.2. The topological polar surface area (TPSA) is 50.8 Å². The second-order valence-corrected chi connectivity index (χ2v) is 6.73. The summed E-state index contributed by atoms with van der Waals surface area (Å²) >= 11 is 6.10.